The van der Waals surface area contributed by atoms with Crippen molar-refractivity contribution >= 4 is 5.82 Å². The minimum atomic E-state index is -4.27. The molecule has 0 aliphatic carbocycles. The van der Waals surface area contributed by atoms with Gasteiger partial charge in [-0.3, -0.25) is 0 Å². The van der Waals surface area contributed by atoms with Crippen LogP contribution in [-0.4, -0.2) is 34.4 Å². The highest BCUT2D eigenvalue weighted by molar-refractivity contribution is 5.31. The summed E-state index contributed by atoms with van der Waals surface area (Å²) in [6.45, 7) is 0.990. The van der Waals surface area contributed by atoms with Crippen LogP contribution in [0.15, 0.2) is 0 Å². The third kappa shape index (κ3) is 4.05. The average Bonchev–Trinajstić information content (AvgIpc) is 2.47. The minimum absolute atomic E-state index is 0.0265. The molecule has 0 unspecified atom stereocenters. The molecule has 5 nitrogen and oxygen atoms in total. The first-order chi connectivity index (χ1) is 7.40. The van der Waals surface area contributed by atoms with Crippen LogP contribution in [0.25, 0.3) is 0 Å². The number of aromatic nitrogens is 3. The van der Waals surface area contributed by atoms with E-state index >= 15 is 0 Å². The standard InChI is InChI=1S/C8H13F3N4O/c1-6-7(12)13-14-15(6)3-2-4-16-5-8(9,10)11/h2-5,12H2,1H3. The van der Waals surface area contributed by atoms with Gasteiger partial charge in [0.25, 0.3) is 0 Å². The predicted octanol–water partition coefficient (Wildman–Crippen LogP) is 1.14. The Balaban J connectivity index is 2.19. The van der Waals surface area contributed by atoms with E-state index in [0.717, 1.165) is 0 Å². The normalized spacial score (nSPS) is 12.0. The summed E-state index contributed by atoms with van der Waals surface area (Å²) in [6.07, 6.45) is -3.84. The van der Waals surface area contributed by atoms with Crippen molar-refractivity contribution < 1.29 is 17.9 Å². The van der Waals surface area contributed by atoms with Gasteiger partial charge in [-0.25, -0.2) is 4.68 Å². The lowest BCUT2D eigenvalue weighted by Crippen LogP contribution is -2.18. The van der Waals surface area contributed by atoms with Gasteiger partial charge in [0.1, 0.15) is 6.61 Å². The second-order valence-electron chi connectivity index (χ2n) is 3.30. The van der Waals surface area contributed by atoms with Crippen molar-refractivity contribution in [3.63, 3.8) is 0 Å². The Morgan fingerprint density at radius 2 is 2.12 bits per heavy atom. The second-order valence-corrected chi connectivity index (χ2v) is 3.30. The molecule has 8 heteroatoms. The van der Waals surface area contributed by atoms with Gasteiger partial charge < -0.3 is 10.5 Å². The first-order valence-electron chi connectivity index (χ1n) is 4.70. The molecule has 1 heterocycles. The number of rotatable bonds is 5. The van der Waals surface area contributed by atoms with Crippen LogP contribution in [-0.2, 0) is 11.3 Å². The summed E-state index contributed by atoms with van der Waals surface area (Å²) in [5.74, 6) is 0.330. The number of alkyl halides is 3. The molecule has 92 valence electrons. The summed E-state index contributed by atoms with van der Waals surface area (Å²) < 4.78 is 41.1. The molecule has 0 aliphatic rings. The van der Waals surface area contributed by atoms with E-state index in [-0.39, 0.29) is 6.61 Å². The van der Waals surface area contributed by atoms with Crippen LogP contribution in [0.1, 0.15) is 12.1 Å². The Morgan fingerprint density at radius 1 is 1.44 bits per heavy atom. The number of halogens is 3. The molecular formula is C8H13F3N4O. The van der Waals surface area contributed by atoms with Crippen molar-refractivity contribution in [1.82, 2.24) is 15.0 Å². The Labute approximate surface area is 90.4 Å². The smallest absolute Gasteiger partial charge is 0.381 e. The fourth-order valence-electron chi connectivity index (χ4n) is 1.09. The van der Waals surface area contributed by atoms with Gasteiger partial charge in [0.05, 0.1) is 5.69 Å². The lowest BCUT2D eigenvalue weighted by Gasteiger charge is -2.07. The van der Waals surface area contributed by atoms with E-state index in [1.165, 1.54) is 4.68 Å². The molecule has 0 spiro atoms. The first kappa shape index (κ1) is 12.8. The van der Waals surface area contributed by atoms with Crippen LogP contribution in [0.4, 0.5) is 19.0 Å². The third-order valence-corrected chi connectivity index (χ3v) is 1.94. The fourth-order valence-corrected chi connectivity index (χ4v) is 1.09. The molecule has 0 fully saturated rings. The third-order valence-electron chi connectivity index (χ3n) is 1.94. The number of anilines is 1. The number of ether oxygens (including phenoxy) is 1. The van der Waals surface area contributed by atoms with E-state index in [1.54, 1.807) is 6.92 Å². The largest absolute Gasteiger partial charge is 0.411 e. The van der Waals surface area contributed by atoms with E-state index in [1.807, 2.05) is 0 Å². The monoisotopic (exact) mass is 238 g/mol. The SMILES string of the molecule is Cc1c(N)nnn1CCCOCC(F)(F)F. The van der Waals surface area contributed by atoms with Crippen LogP contribution in [0, 0.1) is 6.92 Å². The van der Waals surface area contributed by atoms with Gasteiger partial charge >= 0.3 is 6.18 Å². The first-order valence-corrected chi connectivity index (χ1v) is 4.70. The van der Waals surface area contributed by atoms with Crippen molar-refractivity contribution in [2.24, 2.45) is 0 Å². The number of hydrogen-bond donors (Lipinski definition) is 1. The highest BCUT2D eigenvalue weighted by Gasteiger charge is 2.27. The van der Waals surface area contributed by atoms with Crippen LogP contribution < -0.4 is 5.73 Å². The van der Waals surface area contributed by atoms with Crippen molar-refractivity contribution in [1.29, 1.82) is 0 Å². The molecule has 0 saturated heterocycles. The van der Waals surface area contributed by atoms with Gasteiger partial charge in [-0.2, -0.15) is 13.2 Å². The molecule has 1 aromatic heterocycles. The molecule has 0 radical (unpaired) electrons. The van der Waals surface area contributed by atoms with Crippen molar-refractivity contribution in [3.8, 4) is 0 Å². The van der Waals surface area contributed by atoms with Crippen LogP contribution in [0.2, 0.25) is 0 Å². The molecule has 0 aliphatic heterocycles. The Morgan fingerprint density at radius 3 is 2.62 bits per heavy atom. The van der Waals surface area contributed by atoms with Crippen molar-refractivity contribution in [3.05, 3.63) is 5.69 Å². The van der Waals surface area contributed by atoms with Crippen LogP contribution in [0.5, 0.6) is 0 Å². The molecule has 0 bridgehead atoms. The second kappa shape index (κ2) is 5.15. The zero-order valence-corrected chi connectivity index (χ0v) is 8.79. The maximum Gasteiger partial charge on any atom is 0.411 e. The summed E-state index contributed by atoms with van der Waals surface area (Å²) in [4.78, 5) is 0. The maximum atomic E-state index is 11.7. The Kier molecular flexibility index (Phi) is 4.11. The lowest BCUT2D eigenvalue weighted by molar-refractivity contribution is -0.174. The highest BCUT2D eigenvalue weighted by Crippen LogP contribution is 2.14. The number of nitrogens with zero attached hydrogens (tertiary/aromatic N) is 3. The topological polar surface area (TPSA) is 66.0 Å². The molecular weight excluding hydrogens is 225 g/mol. The number of nitrogens with two attached hydrogens (primary N) is 1. The van der Waals surface area contributed by atoms with Crippen molar-refractivity contribution in [2.45, 2.75) is 26.1 Å². The Bertz CT molecular complexity index is 337. The summed E-state index contributed by atoms with van der Waals surface area (Å²) in [7, 11) is 0. The van der Waals surface area contributed by atoms with Crippen LogP contribution >= 0.6 is 0 Å². The van der Waals surface area contributed by atoms with E-state index < -0.39 is 12.8 Å². The quantitative estimate of drug-likeness (QED) is 0.781. The fraction of sp³-hybridized carbons (Fsp3) is 0.750. The molecule has 1 aromatic rings. The molecule has 0 aromatic carbocycles. The molecule has 0 amide bonds. The van der Waals surface area contributed by atoms with Gasteiger partial charge in [0.15, 0.2) is 5.82 Å². The van der Waals surface area contributed by atoms with Gasteiger partial charge in [0, 0.05) is 13.2 Å². The predicted molar refractivity (Wildman–Crippen MR) is 50.7 cm³/mol. The van der Waals surface area contributed by atoms with Crippen LogP contribution in [0.3, 0.4) is 0 Å². The lowest BCUT2D eigenvalue weighted by atomic mass is 10.4. The van der Waals surface area contributed by atoms with Gasteiger partial charge in [-0.15, -0.1) is 5.10 Å². The molecule has 1 rings (SSSR count). The zero-order valence-electron chi connectivity index (χ0n) is 8.79. The molecule has 0 saturated carbocycles. The summed E-state index contributed by atoms with van der Waals surface area (Å²) in [5, 5.41) is 7.35. The zero-order chi connectivity index (χ0) is 12.2. The minimum Gasteiger partial charge on any atom is -0.381 e. The highest BCUT2D eigenvalue weighted by atomic mass is 19.4. The number of aryl methyl sites for hydroxylation is 1. The van der Waals surface area contributed by atoms with Gasteiger partial charge in [0.2, 0.25) is 0 Å². The van der Waals surface area contributed by atoms with Crippen molar-refractivity contribution in [2.75, 3.05) is 18.9 Å². The average molecular weight is 238 g/mol. The summed E-state index contributed by atoms with van der Waals surface area (Å²) >= 11 is 0. The van der Waals surface area contributed by atoms with Gasteiger partial charge in [-0.05, 0) is 13.3 Å². The van der Waals surface area contributed by atoms with E-state index in [2.05, 4.69) is 15.0 Å². The number of nitrogen functional groups attached to an aromatic ring is 1. The van der Waals surface area contributed by atoms with Gasteiger partial charge in [-0.1, -0.05) is 5.21 Å². The maximum absolute atomic E-state index is 11.7. The Hall–Kier alpha value is -1.31. The van der Waals surface area contributed by atoms with E-state index in [0.29, 0.717) is 24.5 Å². The number of hydrogen-bond acceptors (Lipinski definition) is 4. The molecule has 16 heavy (non-hydrogen) atoms. The summed E-state index contributed by atoms with van der Waals surface area (Å²) in [6, 6.07) is 0. The summed E-state index contributed by atoms with van der Waals surface area (Å²) in [5.41, 5.74) is 6.16. The molecule has 2 N–H and O–H groups in total. The van der Waals surface area contributed by atoms with E-state index in [9.17, 15) is 13.2 Å². The van der Waals surface area contributed by atoms with E-state index in [4.69, 9.17) is 5.73 Å². The molecule has 0 atom stereocenters.